The van der Waals surface area contributed by atoms with Gasteiger partial charge in [-0.3, -0.25) is 4.79 Å². The van der Waals surface area contributed by atoms with Crippen molar-refractivity contribution >= 4 is 17.6 Å². The number of carbonyl (C=O) groups is 2. The molecule has 3 aromatic carbocycles. The molecule has 172 valence electrons. The van der Waals surface area contributed by atoms with Gasteiger partial charge in [-0.1, -0.05) is 41.1 Å². The lowest BCUT2D eigenvalue weighted by Crippen LogP contribution is -2.20. The highest BCUT2D eigenvalue weighted by atomic mass is 16.5. The number of anilines is 1. The number of nitrogens with zero attached hydrogens (tertiary/aromatic N) is 2. The lowest BCUT2D eigenvalue weighted by molar-refractivity contribution is -0.118. The molecule has 0 saturated carbocycles. The van der Waals surface area contributed by atoms with Gasteiger partial charge < -0.3 is 19.3 Å². The summed E-state index contributed by atoms with van der Waals surface area (Å²) in [7, 11) is 0. The molecule has 0 aliphatic rings. The molecule has 34 heavy (non-hydrogen) atoms. The zero-order valence-electron chi connectivity index (χ0n) is 18.8. The largest absolute Gasteiger partial charge is 0.483 e. The number of amides is 1. The molecule has 1 heterocycles. The van der Waals surface area contributed by atoms with E-state index in [1.165, 1.54) is 0 Å². The smallest absolute Gasteiger partial charge is 0.338 e. The second-order valence-electron chi connectivity index (χ2n) is 7.42. The van der Waals surface area contributed by atoms with Gasteiger partial charge in [0.2, 0.25) is 5.82 Å². The second-order valence-corrected chi connectivity index (χ2v) is 7.42. The summed E-state index contributed by atoms with van der Waals surface area (Å²) < 4.78 is 16.1. The lowest BCUT2D eigenvalue weighted by Gasteiger charge is -2.10. The van der Waals surface area contributed by atoms with Crippen LogP contribution in [0.15, 0.2) is 77.3 Å². The molecule has 1 aromatic heterocycles. The minimum absolute atomic E-state index is 0.227. The second kappa shape index (κ2) is 10.4. The summed E-state index contributed by atoms with van der Waals surface area (Å²) >= 11 is 0. The molecule has 0 saturated heterocycles. The van der Waals surface area contributed by atoms with Gasteiger partial charge in [-0.25, -0.2) is 4.79 Å². The molecule has 1 N–H and O–H groups in total. The maximum Gasteiger partial charge on any atom is 0.338 e. The molecular weight excluding hydrogens is 434 g/mol. The van der Waals surface area contributed by atoms with Gasteiger partial charge in [-0.05, 0) is 56.3 Å². The molecule has 8 heteroatoms. The van der Waals surface area contributed by atoms with Gasteiger partial charge in [-0.15, -0.1) is 0 Å². The van der Waals surface area contributed by atoms with Crippen molar-refractivity contribution in [2.75, 3.05) is 18.5 Å². The average molecular weight is 457 g/mol. The highest BCUT2D eigenvalue weighted by Gasteiger charge is 2.16. The van der Waals surface area contributed by atoms with Crippen LogP contribution in [0.4, 0.5) is 5.69 Å². The predicted molar refractivity (Wildman–Crippen MR) is 126 cm³/mol. The van der Waals surface area contributed by atoms with Gasteiger partial charge in [0.1, 0.15) is 5.75 Å². The maximum atomic E-state index is 12.4. The molecule has 0 atom stereocenters. The average Bonchev–Trinajstić information content (AvgIpc) is 3.34. The van der Waals surface area contributed by atoms with Crippen molar-refractivity contribution < 1.29 is 23.6 Å². The number of esters is 1. The van der Waals surface area contributed by atoms with Gasteiger partial charge in [0.15, 0.2) is 6.61 Å². The number of para-hydroxylation sites is 1. The van der Waals surface area contributed by atoms with Crippen molar-refractivity contribution in [3.8, 4) is 28.6 Å². The Bertz CT molecular complexity index is 1300. The third-order valence-corrected chi connectivity index (χ3v) is 4.86. The molecule has 8 nitrogen and oxygen atoms in total. The van der Waals surface area contributed by atoms with Crippen LogP contribution in [0.2, 0.25) is 0 Å². The van der Waals surface area contributed by atoms with Crippen LogP contribution >= 0.6 is 0 Å². The third-order valence-electron chi connectivity index (χ3n) is 4.86. The van der Waals surface area contributed by atoms with E-state index in [9.17, 15) is 9.59 Å². The van der Waals surface area contributed by atoms with Gasteiger partial charge in [0, 0.05) is 11.3 Å². The molecule has 0 unspecified atom stereocenters. The number of hydrogen-bond donors (Lipinski definition) is 1. The number of aryl methyl sites for hydroxylation is 1. The first-order valence-electron chi connectivity index (χ1n) is 10.7. The molecule has 0 spiro atoms. The van der Waals surface area contributed by atoms with Gasteiger partial charge in [0.25, 0.3) is 11.8 Å². The molecule has 1 amide bonds. The molecule has 4 aromatic rings. The number of carbonyl (C=O) groups excluding carboxylic acids is 2. The van der Waals surface area contributed by atoms with Crippen LogP contribution in [0.1, 0.15) is 22.8 Å². The number of ether oxygens (including phenoxy) is 2. The quantitative estimate of drug-likeness (QED) is 0.375. The molecule has 0 aliphatic carbocycles. The van der Waals surface area contributed by atoms with Crippen molar-refractivity contribution in [2.24, 2.45) is 0 Å². The first-order chi connectivity index (χ1) is 16.5. The molecule has 0 aliphatic heterocycles. The van der Waals surface area contributed by atoms with E-state index < -0.39 is 5.97 Å². The number of nitrogens with one attached hydrogen (secondary N) is 1. The Labute approximate surface area is 196 Å². The number of hydrogen-bond acceptors (Lipinski definition) is 7. The minimum Gasteiger partial charge on any atom is -0.483 e. The van der Waals surface area contributed by atoms with E-state index in [0.29, 0.717) is 40.9 Å². The van der Waals surface area contributed by atoms with Crippen molar-refractivity contribution in [3.05, 3.63) is 83.9 Å². The normalized spacial score (nSPS) is 10.5. The summed E-state index contributed by atoms with van der Waals surface area (Å²) in [5.74, 6) is 0.436. The van der Waals surface area contributed by atoms with Crippen molar-refractivity contribution in [1.82, 2.24) is 10.1 Å². The first-order valence-corrected chi connectivity index (χ1v) is 10.7. The minimum atomic E-state index is -0.410. The van der Waals surface area contributed by atoms with Crippen LogP contribution in [0.3, 0.4) is 0 Å². The van der Waals surface area contributed by atoms with Crippen LogP contribution in [0.25, 0.3) is 22.8 Å². The Morgan fingerprint density at radius 3 is 2.56 bits per heavy atom. The standard InChI is InChI=1S/C26H23N3O5/c1-3-32-26(31)18-11-13-20(14-12-18)27-23(30)16-33-22-10-5-4-9-21(22)25-28-24(29-34-25)19-8-6-7-17(2)15-19/h4-15H,3,16H2,1-2H3,(H,27,30). The summed E-state index contributed by atoms with van der Waals surface area (Å²) in [4.78, 5) is 28.6. The predicted octanol–water partition coefficient (Wildman–Crippen LogP) is 4.91. The summed E-state index contributed by atoms with van der Waals surface area (Å²) in [6.45, 7) is 3.81. The summed E-state index contributed by atoms with van der Waals surface area (Å²) in [5.41, 5.74) is 3.47. The van der Waals surface area contributed by atoms with E-state index in [2.05, 4.69) is 15.5 Å². The summed E-state index contributed by atoms with van der Waals surface area (Å²) in [6, 6.07) is 21.4. The molecule has 0 fully saturated rings. The van der Waals surface area contributed by atoms with Crippen LogP contribution < -0.4 is 10.1 Å². The van der Waals surface area contributed by atoms with Crippen LogP contribution in [-0.4, -0.2) is 35.2 Å². The van der Waals surface area contributed by atoms with Crippen molar-refractivity contribution in [2.45, 2.75) is 13.8 Å². The number of rotatable bonds is 8. The van der Waals surface area contributed by atoms with E-state index in [-0.39, 0.29) is 12.5 Å². The van der Waals surface area contributed by atoms with Gasteiger partial charge >= 0.3 is 5.97 Å². The van der Waals surface area contributed by atoms with Crippen molar-refractivity contribution in [1.29, 1.82) is 0 Å². The molecule has 4 rings (SSSR count). The third kappa shape index (κ3) is 5.47. The molecular formula is C26H23N3O5. The Morgan fingerprint density at radius 1 is 1.00 bits per heavy atom. The van der Waals surface area contributed by atoms with Crippen LogP contribution in [0, 0.1) is 6.92 Å². The fraction of sp³-hybridized carbons (Fsp3) is 0.154. The van der Waals surface area contributed by atoms with E-state index in [0.717, 1.165) is 11.1 Å². The lowest BCUT2D eigenvalue weighted by atomic mass is 10.1. The highest BCUT2D eigenvalue weighted by Crippen LogP contribution is 2.30. The van der Waals surface area contributed by atoms with E-state index in [1.807, 2.05) is 37.3 Å². The van der Waals surface area contributed by atoms with Crippen LogP contribution in [-0.2, 0) is 9.53 Å². The first kappa shape index (κ1) is 22.7. The SMILES string of the molecule is CCOC(=O)c1ccc(NC(=O)COc2ccccc2-c2nc(-c3cccc(C)c3)no2)cc1. The van der Waals surface area contributed by atoms with Crippen LogP contribution in [0.5, 0.6) is 5.75 Å². The van der Waals surface area contributed by atoms with E-state index in [4.69, 9.17) is 14.0 Å². The van der Waals surface area contributed by atoms with E-state index >= 15 is 0 Å². The molecule has 0 bridgehead atoms. The topological polar surface area (TPSA) is 104 Å². The van der Waals surface area contributed by atoms with E-state index in [1.54, 1.807) is 49.4 Å². The maximum absolute atomic E-state index is 12.4. The Balaban J connectivity index is 1.41. The fourth-order valence-corrected chi connectivity index (χ4v) is 3.25. The highest BCUT2D eigenvalue weighted by molar-refractivity contribution is 5.93. The monoisotopic (exact) mass is 457 g/mol. The van der Waals surface area contributed by atoms with Gasteiger partial charge in [0.05, 0.1) is 17.7 Å². The Morgan fingerprint density at radius 2 is 1.79 bits per heavy atom. The zero-order valence-corrected chi connectivity index (χ0v) is 18.8. The molecule has 0 radical (unpaired) electrons. The van der Waals surface area contributed by atoms with Gasteiger partial charge in [-0.2, -0.15) is 4.98 Å². The Hall–Kier alpha value is -4.46. The van der Waals surface area contributed by atoms with Crippen molar-refractivity contribution in [3.63, 3.8) is 0 Å². The number of benzene rings is 3. The number of aromatic nitrogens is 2. The summed E-state index contributed by atoms with van der Waals surface area (Å²) in [5, 5.41) is 6.81. The zero-order chi connectivity index (χ0) is 23.9. The fourth-order valence-electron chi connectivity index (χ4n) is 3.25. The Kier molecular flexibility index (Phi) is 6.98. The summed E-state index contributed by atoms with van der Waals surface area (Å²) in [6.07, 6.45) is 0.